The smallest absolute Gasteiger partial charge is 0.256 e. The van der Waals surface area contributed by atoms with Gasteiger partial charge in [0.25, 0.3) is 5.91 Å². The lowest BCUT2D eigenvalue weighted by Crippen LogP contribution is -2.52. The second-order valence-electron chi connectivity index (χ2n) is 5.82. The summed E-state index contributed by atoms with van der Waals surface area (Å²) in [7, 11) is 0. The maximum Gasteiger partial charge on any atom is 0.256 e. The van der Waals surface area contributed by atoms with Crippen LogP contribution < -0.4 is 10.1 Å². The van der Waals surface area contributed by atoms with Gasteiger partial charge in [-0.15, -0.1) is 0 Å². The standard InChI is InChI=1S/C18H18ClFN2O3/c1-11-5-6-12(20)16(17(11)19)18(23)22-13-10-24-9-7-14(13)25-15-4-2-3-8-21-15/h2-6,8,13-14H,7,9-10H2,1H3,(H,22,23)/t13-,14-/m1/s1. The van der Waals surface area contributed by atoms with Crippen LogP contribution in [0.15, 0.2) is 36.5 Å². The maximum absolute atomic E-state index is 14.1. The summed E-state index contributed by atoms with van der Waals surface area (Å²) in [4.78, 5) is 16.7. The Bertz CT molecular complexity index is 757. The number of aromatic nitrogens is 1. The minimum Gasteiger partial charge on any atom is -0.472 e. The van der Waals surface area contributed by atoms with E-state index in [2.05, 4.69) is 10.3 Å². The van der Waals surface area contributed by atoms with E-state index in [1.165, 1.54) is 12.1 Å². The third-order valence-corrected chi connectivity index (χ3v) is 4.52. The summed E-state index contributed by atoms with van der Waals surface area (Å²) in [6, 6.07) is 7.68. The molecule has 0 spiro atoms. The Morgan fingerprint density at radius 3 is 3.00 bits per heavy atom. The van der Waals surface area contributed by atoms with Gasteiger partial charge in [-0.25, -0.2) is 9.37 Å². The number of hydrogen-bond donors (Lipinski definition) is 1. The van der Waals surface area contributed by atoms with Crippen molar-refractivity contribution in [1.29, 1.82) is 0 Å². The molecule has 0 unspecified atom stereocenters. The van der Waals surface area contributed by atoms with Gasteiger partial charge in [0.1, 0.15) is 11.9 Å². The van der Waals surface area contributed by atoms with Crippen LogP contribution in [0.5, 0.6) is 5.88 Å². The van der Waals surface area contributed by atoms with E-state index in [1.807, 2.05) is 6.07 Å². The van der Waals surface area contributed by atoms with Crippen molar-refractivity contribution in [2.24, 2.45) is 0 Å². The SMILES string of the molecule is Cc1ccc(F)c(C(=O)N[C@@H]2COCC[C@H]2Oc2ccccn2)c1Cl. The van der Waals surface area contributed by atoms with Crippen LogP contribution in [0.2, 0.25) is 5.02 Å². The van der Waals surface area contributed by atoms with Gasteiger partial charge < -0.3 is 14.8 Å². The third-order valence-electron chi connectivity index (χ3n) is 4.03. The van der Waals surface area contributed by atoms with E-state index < -0.39 is 17.8 Å². The van der Waals surface area contributed by atoms with E-state index in [9.17, 15) is 9.18 Å². The predicted octanol–water partition coefficient (Wildman–Crippen LogP) is 3.15. The molecule has 132 valence electrons. The minimum atomic E-state index is -0.660. The Morgan fingerprint density at radius 1 is 1.40 bits per heavy atom. The number of ether oxygens (including phenoxy) is 2. The number of carbonyl (C=O) groups excluding carboxylic acids is 1. The van der Waals surface area contributed by atoms with E-state index in [1.54, 1.807) is 25.3 Å². The van der Waals surface area contributed by atoms with E-state index in [0.29, 0.717) is 24.5 Å². The molecule has 1 aliphatic heterocycles. The number of nitrogens with zero attached hydrogens (tertiary/aromatic N) is 1. The first-order valence-electron chi connectivity index (χ1n) is 7.97. The van der Waals surface area contributed by atoms with Crippen LogP contribution >= 0.6 is 11.6 Å². The third kappa shape index (κ3) is 4.08. The van der Waals surface area contributed by atoms with E-state index >= 15 is 0 Å². The number of hydrogen-bond acceptors (Lipinski definition) is 4. The van der Waals surface area contributed by atoms with Crippen LogP contribution in [-0.4, -0.2) is 36.3 Å². The highest BCUT2D eigenvalue weighted by atomic mass is 35.5. The molecule has 2 heterocycles. The molecule has 3 rings (SSSR count). The Hall–Kier alpha value is -2.18. The zero-order valence-electron chi connectivity index (χ0n) is 13.7. The van der Waals surface area contributed by atoms with Gasteiger partial charge >= 0.3 is 0 Å². The molecule has 1 fully saturated rings. The van der Waals surface area contributed by atoms with Crippen molar-refractivity contribution in [3.8, 4) is 5.88 Å². The van der Waals surface area contributed by atoms with Crippen molar-refractivity contribution in [1.82, 2.24) is 10.3 Å². The van der Waals surface area contributed by atoms with Crippen molar-refractivity contribution in [2.75, 3.05) is 13.2 Å². The van der Waals surface area contributed by atoms with E-state index in [4.69, 9.17) is 21.1 Å². The molecule has 1 N–H and O–H groups in total. The molecule has 2 atom stereocenters. The molecule has 0 aliphatic carbocycles. The highest BCUT2D eigenvalue weighted by Gasteiger charge is 2.31. The van der Waals surface area contributed by atoms with Gasteiger partial charge in [-0.1, -0.05) is 23.7 Å². The molecule has 2 aromatic rings. The highest BCUT2D eigenvalue weighted by Crippen LogP contribution is 2.24. The molecule has 25 heavy (non-hydrogen) atoms. The molecule has 0 saturated carbocycles. The molecule has 5 nitrogen and oxygen atoms in total. The Kier molecular flexibility index (Phi) is 5.50. The Morgan fingerprint density at radius 2 is 2.24 bits per heavy atom. The van der Waals surface area contributed by atoms with Gasteiger partial charge in [0.05, 0.1) is 29.8 Å². The van der Waals surface area contributed by atoms with Crippen molar-refractivity contribution >= 4 is 17.5 Å². The summed E-state index contributed by atoms with van der Waals surface area (Å²) < 4.78 is 25.3. The van der Waals surface area contributed by atoms with Crippen LogP contribution in [0.1, 0.15) is 22.3 Å². The number of nitrogens with one attached hydrogen (secondary N) is 1. The van der Waals surface area contributed by atoms with E-state index in [-0.39, 0.29) is 23.3 Å². The van der Waals surface area contributed by atoms with Crippen molar-refractivity contribution in [3.05, 3.63) is 58.5 Å². The second kappa shape index (κ2) is 7.80. The molecule has 1 aromatic carbocycles. The Balaban J connectivity index is 1.76. The number of amides is 1. The summed E-state index contributed by atoms with van der Waals surface area (Å²) in [5.41, 5.74) is 0.471. The second-order valence-corrected chi connectivity index (χ2v) is 6.20. The van der Waals surface area contributed by atoms with Crippen molar-refractivity contribution in [3.63, 3.8) is 0 Å². The highest BCUT2D eigenvalue weighted by molar-refractivity contribution is 6.34. The molecule has 1 amide bonds. The quantitative estimate of drug-likeness (QED) is 0.905. The van der Waals surface area contributed by atoms with Gasteiger partial charge in [-0.2, -0.15) is 0 Å². The molecule has 7 heteroatoms. The first kappa shape index (κ1) is 17.6. The summed E-state index contributed by atoms with van der Waals surface area (Å²) >= 11 is 6.10. The minimum absolute atomic E-state index is 0.108. The fraction of sp³-hybridized carbons (Fsp3) is 0.333. The average molecular weight is 365 g/mol. The van der Waals surface area contributed by atoms with Gasteiger partial charge in [0.15, 0.2) is 0 Å². The first-order valence-corrected chi connectivity index (χ1v) is 8.35. The summed E-state index contributed by atoms with van der Waals surface area (Å²) in [5, 5.41) is 2.88. The van der Waals surface area contributed by atoms with Crippen LogP contribution in [0, 0.1) is 12.7 Å². The van der Waals surface area contributed by atoms with Crippen molar-refractivity contribution in [2.45, 2.75) is 25.5 Å². The molecule has 0 bridgehead atoms. The fourth-order valence-electron chi connectivity index (χ4n) is 2.67. The lowest BCUT2D eigenvalue weighted by Gasteiger charge is -2.32. The largest absolute Gasteiger partial charge is 0.472 e. The molecule has 0 radical (unpaired) electrons. The van der Waals surface area contributed by atoms with Crippen LogP contribution in [0.25, 0.3) is 0 Å². The number of halogens is 2. The summed E-state index contributed by atoms with van der Waals surface area (Å²) in [5.74, 6) is -0.781. The molecular weight excluding hydrogens is 347 g/mol. The van der Waals surface area contributed by atoms with Gasteiger partial charge in [0, 0.05) is 18.7 Å². The maximum atomic E-state index is 14.1. The van der Waals surface area contributed by atoms with Crippen LogP contribution in [0.4, 0.5) is 4.39 Å². The number of rotatable bonds is 4. The Labute approximate surface area is 150 Å². The summed E-state index contributed by atoms with van der Waals surface area (Å²) in [6.45, 7) is 2.51. The molecule has 1 saturated heterocycles. The van der Waals surface area contributed by atoms with Crippen LogP contribution in [-0.2, 0) is 4.74 Å². The zero-order valence-corrected chi connectivity index (χ0v) is 14.4. The zero-order chi connectivity index (χ0) is 17.8. The fourth-order valence-corrected chi connectivity index (χ4v) is 2.91. The molecular formula is C18H18ClFN2O3. The van der Waals surface area contributed by atoms with E-state index in [0.717, 1.165) is 0 Å². The number of benzene rings is 1. The normalized spacial score (nSPS) is 20.1. The lowest BCUT2D eigenvalue weighted by molar-refractivity contribution is -0.00453. The predicted molar refractivity (Wildman–Crippen MR) is 91.5 cm³/mol. The van der Waals surface area contributed by atoms with Gasteiger partial charge in [-0.05, 0) is 24.6 Å². The van der Waals surface area contributed by atoms with Crippen LogP contribution in [0.3, 0.4) is 0 Å². The molecule has 1 aliphatic rings. The monoisotopic (exact) mass is 364 g/mol. The number of aryl methyl sites for hydroxylation is 1. The summed E-state index contributed by atoms with van der Waals surface area (Å²) in [6.07, 6.45) is 1.90. The number of pyridine rings is 1. The average Bonchev–Trinajstić information content (AvgIpc) is 2.61. The number of carbonyl (C=O) groups is 1. The first-order chi connectivity index (χ1) is 12.1. The van der Waals surface area contributed by atoms with Crippen molar-refractivity contribution < 1.29 is 18.7 Å². The topological polar surface area (TPSA) is 60.5 Å². The lowest BCUT2D eigenvalue weighted by atomic mass is 10.0. The van der Waals surface area contributed by atoms with Gasteiger partial charge in [-0.3, -0.25) is 4.79 Å². The van der Waals surface area contributed by atoms with Gasteiger partial charge in [0.2, 0.25) is 5.88 Å². The molecule has 1 aromatic heterocycles.